The molecule has 1 aromatic heterocycles. The van der Waals surface area contributed by atoms with Gasteiger partial charge in [0.15, 0.2) is 0 Å². The molecule has 3 rings (SSSR count). The molecule has 3 heterocycles. The first kappa shape index (κ1) is 12.4. The van der Waals surface area contributed by atoms with Crippen molar-refractivity contribution in [1.29, 1.82) is 0 Å². The minimum absolute atomic E-state index is 0.153. The molecule has 0 aromatic carbocycles. The van der Waals surface area contributed by atoms with Gasteiger partial charge in [-0.1, -0.05) is 0 Å². The highest BCUT2D eigenvalue weighted by Crippen LogP contribution is 2.31. The Morgan fingerprint density at radius 2 is 2.32 bits per heavy atom. The summed E-state index contributed by atoms with van der Waals surface area (Å²) in [5, 5.41) is 14.0. The first-order valence-electron chi connectivity index (χ1n) is 6.39. The van der Waals surface area contributed by atoms with E-state index in [4.69, 9.17) is 4.74 Å². The molecule has 1 saturated heterocycles. The molecule has 0 aliphatic carbocycles. The molecule has 0 bridgehead atoms. The lowest BCUT2D eigenvalue weighted by atomic mass is 10.1. The van der Waals surface area contributed by atoms with Crippen molar-refractivity contribution in [2.45, 2.75) is 19.1 Å². The predicted octanol–water partition coefficient (Wildman–Crippen LogP) is -0.152. The van der Waals surface area contributed by atoms with E-state index < -0.39 is 4.92 Å². The van der Waals surface area contributed by atoms with Crippen molar-refractivity contribution in [1.82, 2.24) is 19.8 Å². The molecular formula is C11H17N5O3. The maximum Gasteiger partial charge on any atom is 0.415 e. The molecular weight excluding hydrogens is 250 g/mol. The van der Waals surface area contributed by atoms with Gasteiger partial charge in [-0.2, -0.15) is 0 Å². The molecule has 1 fully saturated rings. The highest BCUT2D eigenvalue weighted by atomic mass is 16.6. The molecule has 8 heteroatoms. The summed E-state index contributed by atoms with van der Waals surface area (Å²) in [4.78, 5) is 16.4. The number of nitro groups is 1. The summed E-state index contributed by atoms with van der Waals surface area (Å²) in [6.45, 7) is 7.43. The summed E-state index contributed by atoms with van der Waals surface area (Å²) in [7, 11) is 0. The zero-order valence-electron chi connectivity index (χ0n) is 10.8. The van der Waals surface area contributed by atoms with E-state index in [1.165, 1.54) is 6.20 Å². The van der Waals surface area contributed by atoms with Gasteiger partial charge in [0.25, 0.3) is 0 Å². The van der Waals surface area contributed by atoms with E-state index in [0.29, 0.717) is 12.6 Å². The molecule has 1 N–H and O–H groups in total. The predicted molar refractivity (Wildman–Crippen MR) is 67.2 cm³/mol. The fourth-order valence-corrected chi connectivity index (χ4v) is 2.71. The van der Waals surface area contributed by atoms with Crippen LogP contribution in [0.3, 0.4) is 0 Å². The number of ether oxygens (including phenoxy) is 1. The Morgan fingerprint density at radius 1 is 1.58 bits per heavy atom. The second kappa shape index (κ2) is 4.46. The number of fused-ring (bicyclic) bond motifs is 1. The molecule has 8 nitrogen and oxygen atoms in total. The highest BCUT2D eigenvalue weighted by Gasteiger charge is 2.41. The van der Waals surface area contributed by atoms with E-state index in [-0.39, 0.29) is 11.4 Å². The molecule has 104 valence electrons. The van der Waals surface area contributed by atoms with Gasteiger partial charge in [0.05, 0.1) is 6.54 Å². The van der Waals surface area contributed by atoms with Gasteiger partial charge in [-0.05, 0) is 11.8 Å². The van der Waals surface area contributed by atoms with Gasteiger partial charge in [0.2, 0.25) is 0 Å². The van der Waals surface area contributed by atoms with Crippen molar-refractivity contribution in [3.8, 4) is 6.01 Å². The van der Waals surface area contributed by atoms with E-state index in [1.54, 1.807) is 4.57 Å². The molecule has 2 aliphatic rings. The van der Waals surface area contributed by atoms with Crippen LogP contribution in [0, 0.1) is 10.1 Å². The van der Waals surface area contributed by atoms with Crippen molar-refractivity contribution < 1.29 is 9.66 Å². The Bertz CT molecular complexity index is 471. The van der Waals surface area contributed by atoms with Crippen LogP contribution < -0.4 is 10.1 Å². The normalized spacial score (nSPS) is 27.0. The number of imidazole rings is 1. The molecule has 2 aliphatic heterocycles. The van der Waals surface area contributed by atoms with Gasteiger partial charge in [0, 0.05) is 37.7 Å². The van der Waals surface area contributed by atoms with Crippen LogP contribution in [0.25, 0.3) is 0 Å². The quantitative estimate of drug-likeness (QED) is 0.605. The van der Waals surface area contributed by atoms with Crippen LogP contribution >= 0.6 is 0 Å². The molecule has 1 unspecified atom stereocenters. The fraction of sp³-hybridized carbons (Fsp3) is 0.727. The van der Waals surface area contributed by atoms with Gasteiger partial charge >= 0.3 is 11.8 Å². The lowest BCUT2D eigenvalue weighted by Gasteiger charge is -2.33. The number of hydrogen-bond acceptors (Lipinski definition) is 6. The maximum atomic E-state index is 10.6. The Kier molecular flexibility index (Phi) is 2.90. The topological polar surface area (TPSA) is 85.5 Å². The minimum atomic E-state index is -0.498. The summed E-state index contributed by atoms with van der Waals surface area (Å²) in [5.74, 6) is -0.153. The summed E-state index contributed by atoms with van der Waals surface area (Å²) in [6.07, 6.45) is 1.44. The first-order chi connectivity index (χ1) is 9.06. The summed E-state index contributed by atoms with van der Waals surface area (Å²) in [6, 6.07) is 0.351. The Hall–Kier alpha value is -1.67. The average Bonchev–Trinajstić information content (AvgIpc) is 2.85. The van der Waals surface area contributed by atoms with Crippen molar-refractivity contribution in [2.24, 2.45) is 0 Å². The van der Waals surface area contributed by atoms with E-state index in [1.807, 2.05) is 6.92 Å². The summed E-state index contributed by atoms with van der Waals surface area (Å²) in [5.41, 5.74) is -0.352. The van der Waals surface area contributed by atoms with Gasteiger partial charge in [-0.3, -0.25) is 9.47 Å². The molecule has 0 radical (unpaired) electrons. The molecule has 0 amide bonds. The number of piperazine rings is 1. The van der Waals surface area contributed by atoms with E-state index >= 15 is 0 Å². The highest BCUT2D eigenvalue weighted by molar-refractivity contribution is 5.23. The van der Waals surface area contributed by atoms with E-state index in [2.05, 4.69) is 15.2 Å². The lowest BCUT2D eigenvalue weighted by Crippen LogP contribution is -2.51. The summed E-state index contributed by atoms with van der Waals surface area (Å²) >= 11 is 0. The number of rotatable bonds is 3. The monoisotopic (exact) mass is 267 g/mol. The van der Waals surface area contributed by atoms with Crippen LogP contribution in [0.15, 0.2) is 6.20 Å². The van der Waals surface area contributed by atoms with Crippen LogP contribution in [0.2, 0.25) is 0 Å². The lowest BCUT2D eigenvalue weighted by molar-refractivity contribution is -0.389. The largest absolute Gasteiger partial charge is 0.436 e. The van der Waals surface area contributed by atoms with Gasteiger partial charge in [-0.15, -0.1) is 0 Å². The first-order valence-corrected chi connectivity index (χ1v) is 6.39. The zero-order chi connectivity index (χ0) is 13.5. The van der Waals surface area contributed by atoms with Crippen LogP contribution in [0.4, 0.5) is 5.82 Å². The van der Waals surface area contributed by atoms with Crippen LogP contribution in [0.1, 0.15) is 6.92 Å². The van der Waals surface area contributed by atoms with E-state index in [9.17, 15) is 10.1 Å². The molecule has 0 saturated carbocycles. The van der Waals surface area contributed by atoms with Crippen LogP contribution in [-0.2, 0) is 6.54 Å². The second-order valence-electron chi connectivity index (χ2n) is 5.34. The third kappa shape index (κ3) is 2.41. The van der Waals surface area contributed by atoms with Crippen molar-refractivity contribution in [2.75, 3.05) is 32.7 Å². The smallest absolute Gasteiger partial charge is 0.415 e. The number of aromatic nitrogens is 2. The standard InChI is InChI=1S/C11H17N5O3/c1-11(7-14-4-2-12-3-5-14)8-15-6-9(16(17)18)13-10(15)19-11/h6,12H,2-5,7-8H2,1H3. The molecule has 1 atom stereocenters. The van der Waals surface area contributed by atoms with Gasteiger partial charge < -0.3 is 20.2 Å². The van der Waals surface area contributed by atoms with Crippen LogP contribution in [0.5, 0.6) is 6.01 Å². The second-order valence-corrected chi connectivity index (χ2v) is 5.34. The number of nitrogens with one attached hydrogen (secondary N) is 1. The zero-order valence-corrected chi connectivity index (χ0v) is 10.8. The molecule has 19 heavy (non-hydrogen) atoms. The van der Waals surface area contributed by atoms with Gasteiger partial charge in [-0.25, -0.2) is 0 Å². The Balaban J connectivity index is 1.67. The number of nitrogens with zero attached hydrogens (tertiary/aromatic N) is 4. The number of hydrogen-bond donors (Lipinski definition) is 1. The maximum absolute atomic E-state index is 10.6. The minimum Gasteiger partial charge on any atom is -0.436 e. The fourth-order valence-electron chi connectivity index (χ4n) is 2.71. The molecule has 0 spiro atoms. The summed E-state index contributed by atoms with van der Waals surface area (Å²) < 4.78 is 7.54. The third-order valence-electron chi connectivity index (χ3n) is 3.52. The molecule has 1 aromatic rings. The average molecular weight is 267 g/mol. The Morgan fingerprint density at radius 3 is 2.95 bits per heavy atom. The third-order valence-corrected chi connectivity index (χ3v) is 3.52. The Labute approximate surface area is 110 Å². The van der Waals surface area contributed by atoms with Crippen molar-refractivity contribution in [3.05, 3.63) is 16.3 Å². The van der Waals surface area contributed by atoms with Crippen LogP contribution in [-0.4, -0.2) is 57.7 Å². The van der Waals surface area contributed by atoms with Gasteiger partial charge in [0.1, 0.15) is 11.8 Å². The van der Waals surface area contributed by atoms with E-state index in [0.717, 1.165) is 32.7 Å². The van der Waals surface area contributed by atoms with Crippen molar-refractivity contribution in [3.63, 3.8) is 0 Å². The van der Waals surface area contributed by atoms with Crippen molar-refractivity contribution >= 4 is 5.82 Å². The SMILES string of the molecule is CC1(CN2CCNCC2)Cn2cc([N+](=O)[O-])nc2O1.